The molecular formula is C36H31N3O7S2. The molecule has 1 aliphatic heterocycles. The Labute approximate surface area is 284 Å². The van der Waals surface area contributed by atoms with Crippen molar-refractivity contribution in [3.63, 3.8) is 0 Å². The smallest absolute Gasteiger partial charge is 0.359 e. The number of allylic oxidation sites excluding steroid dienone is 1. The third-order valence-corrected chi connectivity index (χ3v) is 9.87. The van der Waals surface area contributed by atoms with Gasteiger partial charge in [0.05, 0.1) is 7.11 Å². The minimum atomic E-state index is -0.995. The van der Waals surface area contributed by atoms with Gasteiger partial charge in [0.2, 0.25) is 0 Å². The molecule has 2 atom stereocenters. The van der Waals surface area contributed by atoms with E-state index in [0.717, 1.165) is 11.1 Å². The molecule has 1 aliphatic rings. The third-order valence-electron chi connectivity index (χ3n) is 7.47. The van der Waals surface area contributed by atoms with E-state index in [1.807, 2.05) is 84.9 Å². The van der Waals surface area contributed by atoms with E-state index in [2.05, 4.69) is 10.3 Å². The molecule has 2 amide bonds. The highest BCUT2D eigenvalue weighted by molar-refractivity contribution is 8.76. The number of carbonyl (C=O) groups excluding carboxylic acids is 3. The number of rotatable bonds is 13. The summed E-state index contributed by atoms with van der Waals surface area (Å²) in [5.74, 6) is -1.10. The van der Waals surface area contributed by atoms with Crippen molar-refractivity contribution in [1.82, 2.24) is 15.2 Å². The topological polar surface area (TPSA) is 120 Å². The number of amides is 2. The van der Waals surface area contributed by atoms with Gasteiger partial charge in [-0.3, -0.25) is 14.5 Å². The fourth-order valence-electron chi connectivity index (χ4n) is 5.05. The summed E-state index contributed by atoms with van der Waals surface area (Å²) < 4.78 is 23.1. The highest BCUT2D eigenvalue weighted by atomic mass is 33.1. The molecule has 0 saturated carbocycles. The lowest BCUT2D eigenvalue weighted by molar-refractivity contribution is -0.155. The number of nitrogens with one attached hydrogen (secondary N) is 1. The van der Waals surface area contributed by atoms with Crippen molar-refractivity contribution >= 4 is 50.5 Å². The molecule has 1 fully saturated rings. The van der Waals surface area contributed by atoms with Gasteiger partial charge < -0.3 is 23.9 Å². The van der Waals surface area contributed by atoms with Gasteiger partial charge in [-0.15, -0.1) is 0 Å². The third kappa shape index (κ3) is 7.35. The number of β-lactam (4-membered cyclic amide) rings is 1. The fourth-order valence-corrected chi connectivity index (χ4v) is 7.43. The molecule has 1 saturated heterocycles. The molecule has 1 aromatic heterocycles. The van der Waals surface area contributed by atoms with E-state index in [1.54, 1.807) is 37.3 Å². The predicted molar refractivity (Wildman–Crippen MR) is 182 cm³/mol. The molecule has 244 valence electrons. The first kappa shape index (κ1) is 32.7. The Morgan fingerprint density at radius 1 is 0.896 bits per heavy atom. The summed E-state index contributed by atoms with van der Waals surface area (Å²) in [6, 6.07) is 33.9. The summed E-state index contributed by atoms with van der Waals surface area (Å²) in [4.78, 5) is 46.7. The van der Waals surface area contributed by atoms with Crippen LogP contribution in [0.2, 0.25) is 0 Å². The van der Waals surface area contributed by atoms with Crippen LogP contribution in [0.4, 0.5) is 0 Å². The zero-order valence-electron chi connectivity index (χ0n) is 26.0. The molecular weight excluding hydrogens is 651 g/mol. The number of carbonyl (C=O) groups is 3. The number of hydrogen-bond acceptors (Lipinski definition) is 10. The van der Waals surface area contributed by atoms with Crippen LogP contribution in [-0.2, 0) is 23.9 Å². The summed E-state index contributed by atoms with van der Waals surface area (Å²) in [6.45, 7) is 1.28. The van der Waals surface area contributed by atoms with Crippen LogP contribution < -0.4 is 10.1 Å². The second kappa shape index (κ2) is 15.1. The first-order valence-electron chi connectivity index (χ1n) is 15.0. The molecule has 0 spiro atoms. The number of ether oxygens (including phenoxy) is 3. The Morgan fingerprint density at radius 3 is 2.12 bits per heavy atom. The van der Waals surface area contributed by atoms with Crippen LogP contribution in [0.25, 0.3) is 11.1 Å². The van der Waals surface area contributed by atoms with Gasteiger partial charge in [-0.05, 0) is 42.3 Å². The van der Waals surface area contributed by atoms with Crippen molar-refractivity contribution in [2.24, 2.45) is 0 Å². The molecule has 4 aromatic carbocycles. The Morgan fingerprint density at radius 2 is 1.50 bits per heavy atom. The number of fused-ring (bicyclic) bond motifs is 1. The SMILES string of the molecule is COC(C)=C(C(=O)OC(c1ccccc1)c1ccccc1)N1C(=O)C(NC(=O)COc2ccccc2)C1SSc1nc2ccccc2o1. The largest absolute Gasteiger partial charge is 0.499 e. The maximum atomic E-state index is 14.1. The summed E-state index contributed by atoms with van der Waals surface area (Å²) in [6.07, 6.45) is -0.762. The number of aromatic nitrogens is 1. The minimum absolute atomic E-state index is 0.0824. The number of hydrogen-bond donors (Lipinski definition) is 1. The number of nitrogens with zero attached hydrogens (tertiary/aromatic N) is 2. The highest BCUT2D eigenvalue weighted by Gasteiger charge is 2.53. The first-order valence-corrected chi connectivity index (χ1v) is 17.2. The second-order valence-electron chi connectivity index (χ2n) is 10.6. The van der Waals surface area contributed by atoms with Crippen molar-refractivity contribution in [2.75, 3.05) is 13.7 Å². The predicted octanol–water partition coefficient (Wildman–Crippen LogP) is 6.51. The first-order chi connectivity index (χ1) is 23.4. The molecule has 2 unspecified atom stereocenters. The van der Waals surface area contributed by atoms with Crippen LogP contribution in [0.1, 0.15) is 24.2 Å². The Kier molecular flexibility index (Phi) is 10.3. The van der Waals surface area contributed by atoms with Crippen LogP contribution in [0, 0.1) is 0 Å². The van der Waals surface area contributed by atoms with Crippen LogP contribution >= 0.6 is 21.6 Å². The Hall–Kier alpha value is -5.20. The Balaban J connectivity index is 1.26. The summed E-state index contributed by atoms with van der Waals surface area (Å²) in [5, 5.41) is 2.35. The van der Waals surface area contributed by atoms with Crippen LogP contribution in [-0.4, -0.2) is 52.8 Å². The van der Waals surface area contributed by atoms with E-state index in [0.29, 0.717) is 22.1 Å². The van der Waals surface area contributed by atoms with E-state index in [9.17, 15) is 14.4 Å². The zero-order chi connectivity index (χ0) is 33.5. The Bertz CT molecular complexity index is 1850. The molecule has 0 radical (unpaired) electrons. The summed E-state index contributed by atoms with van der Waals surface area (Å²) >= 11 is 0. The van der Waals surface area contributed by atoms with Gasteiger partial charge in [0.25, 0.3) is 17.0 Å². The van der Waals surface area contributed by atoms with E-state index in [1.165, 1.54) is 33.6 Å². The molecule has 12 heteroatoms. The molecule has 6 rings (SSSR count). The maximum Gasteiger partial charge on any atom is 0.359 e. The summed E-state index contributed by atoms with van der Waals surface area (Å²) in [7, 11) is 3.80. The average Bonchev–Trinajstić information content (AvgIpc) is 3.55. The number of oxazole rings is 1. The molecule has 48 heavy (non-hydrogen) atoms. The lowest BCUT2D eigenvalue weighted by Gasteiger charge is -2.46. The minimum Gasteiger partial charge on any atom is -0.499 e. The van der Waals surface area contributed by atoms with Crippen molar-refractivity contribution in [1.29, 1.82) is 0 Å². The number of methoxy groups -OCH3 is 1. The number of benzene rings is 4. The zero-order valence-corrected chi connectivity index (χ0v) is 27.6. The van der Waals surface area contributed by atoms with Crippen molar-refractivity contribution in [3.8, 4) is 5.75 Å². The molecule has 5 aromatic rings. The fraction of sp³-hybridized carbons (Fsp3) is 0.167. The lowest BCUT2D eigenvalue weighted by Crippen LogP contribution is -2.69. The van der Waals surface area contributed by atoms with Gasteiger partial charge in [0, 0.05) is 10.8 Å². The highest BCUT2D eigenvalue weighted by Crippen LogP contribution is 2.45. The molecule has 10 nitrogen and oxygen atoms in total. The normalized spacial score (nSPS) is 16.2. The maximum absolute atomic E-state index is 14.1. The quantitative estimate of drug-likeness (QED) is 0.0484. The van der Waals surface area contributed by atoms with Crippen LogP contribution in [0.15, 0.2) is 136 Å². The molecule has 0 bridgehead atoms. The molecule has 1 N–H and O–H groups in total. The standard InChI is InChI=1S/C36H31N3O7S2/c1-23(43-2)31(35(42)46-32(24-14-6-3-7-15-24)25-16-8-4-9-17-25)39-33(41)30(38-29(40)22-44-26-18-10-5-11-19-26)34(39)47-48-36-37-27-20-12-13-21-28(27)45-36/h3-21,30,32,34H,22H2,1-2H3,(H,38,40). The lowest BCUT2D eigenvalue weighted by atomic mass is 10.0. The second-order valence-corrected chi connectivity index (χ2v) is 12.9. The van der Waals surface area contributed by atoms with Crippen LogP contribution in [0.3, 0.4) is 0 Å². The van der Waals surface area contributed by atoms with Gasteiger partial charge in [-0.25, -0.2) is 9.78 Å². The van der Waals surface area contributed by atoms with Crippen molar-refractivity contribution in [2.45, 2.75) is 29.7 Å². The van der Waals surface area contributed by atoms with Crippen molar-refractivity contribution in [3.05, 3.63) is 138 Å². The molecule has 0 aliphatic carbocycles. The van der Waals surface area contributed by atoms with Gasteiger partial charge in [-0.1, -0.05) is 102 Å². The van der Waals surface area contributed by atoms with Gasteiger partial charge in [-0.2, -0.15) is 0 Å². The van der Waals surface area contributed by atoms with Crippen LogP contribution in [0.5, 0.6) is 5.75 Å². The number of esters is 1. The van der Waals surface area contributed by atoms with E-state index >= 15 is 0 Å². The van der Waals surface area contributed by atoms with E-state index < -0.39 is 35.3 Å². The number of likely N-dealkylation sites (tertiary alicyclic amines) is 1. The van der Waals surface area contributed by atoms with Gasteiger partial charge >= 0.3 is 5.97 Å². The average molecular weight is 682 g/mol. The number of para-hydroxylation sites is 3. The van der Waals surface area contributed by atoms with E-state index in [4.69, 9.17) is 18.6 Å². The monoisotopic (exact) mass is 681 g/mol. The van der Waals surface area contributed by atoms with Gasteiger partial charge in [0.15, 0.2) is 24.0 Å². The summed E-state index contributed by atoms with van der Waals surface area (Å²) in [5.41, 5.74) is 2.71. The van der Waals surface area contributed by atoms with E-state index in [-0.39, 0.29) is 18.1 Å². The van der Waals surface area contributed by atoms with Crippen molar-refractivity contribution < 1.29 is 33.0 Å². The van der Waals surface area contributed by atoms with Gasteiger partial charge in [0.1, 0.15) is 28.4 Å². The molecule has 2 heterocycles.